The van der Waals surface area contributed by atoms with Crippen molar-refractivity contribution in [2.75, 3.05) is 0 Å². The van der Waals surface area contributed by atoms with Crippen LogP contribution in [-0.2, 0) is 6.54 Å². The third-order valence-electron chi connectivity index (χ3n) is 2.45. The van der Waals surface area contributed by atoms with Gasteiger partial charge in [0.1, 0.15) is 0 Å². The second-order valence-electron chi connectivity index (χ2n) is 3.57. The molecule has 76 valence electrons. The van der Waals surface area contributed by atoms with Crippen molar-refractivity contribution in [3.63, 3.8) is 0 Å². The average Bonchev–Trinajstić information content (AvgIpc) is 2.66. The monoisotopic (exact) mass is 216 g/mol. The Morgan fingerprint density at radius 3 is 2.60 bits per heavy atom. The van der Waals surface area contributed by atoms with Crippen LogP contribution in [0.25, 0.3) is 6.08 Å². The van der Waals surface area contributed by atoms with Crippen molar-refractivity contribution in [3.05, 3.63) is 58.6 Å². The highest BCUT2D eigenvalue weighted by molar-refractivity contribution is 7.07. The van der Waals surface area contributed by atoms with E-state index in [1.807, 2.05) is 6.08 Å². The van der Waals surface area contributed by atoms with Gasteiger partial charge in [-0.15, -0.1) is 0 Å². The first-order chi connectivity index (χ1) is 7.29. The quantitative estimate of drug-likeness (QED) is 0.694. The summed E-state index contributed by atoms with van der Waals surface area (Å²) in [5.41, 5.74) is 5.96. The van der Waals surface area contributed by atoms with Gasteiger partial charge in [0.25, 0.3) is 0 Å². The van der Waals surface area contributed by atoms with Gasteiger partial charge in [0.15, 0.2) is 12.2 Å². The molecule has 0 unspecified atom stereocenters. The molecule has 0 saturated carbocycles. The molecule has 2 rings (SSSR count). The summed E-state index contributed by atoms with van der Waals surface area (Å²) >= 11 is 1.74. The predicted octanol–water partition coefficient (Wildman–Crippen LogP) is 3.04. The zero-order chi connectivity index (χ0) is 10.7. The number of benzene rings is 1. The zero-order valence-electron chi connectivity index (χ0n) is 8.81. The molecule has 15 heavy (non-hydrogen) atoms. The third-order valence-corrected chi connectivity index (χ3v) is 3.30. The SMILES string of the molecule is C=Cc1ccc(C[n+]2cscc2C)cc1. The Morgan fingerprint density at radius 1 is 1.33 bits per heavy atom. The van der Waals surface area contributed by atoms with Gasteiger partial charge in [-0.25, -0.2) is 0 Å². The van der Waals surface area contributed by atoms with Gasteiger partial charge in [0.05, 0.1) is 5.38 Å². The summed E-state index contributed by atoms with van der Waals surface area (Å²) in [6.07, 6.45) is 1.87. The molecule has 1 heterocycles. The first-order valence-corrected chi connectivity index (χ1v) is 5.87. The molecule has 0 aliphatic heterocycles. The molecule has 0 spiro atoms. The van der Waals surface area contributed by atoms with Gasteiger partial charge >= 0.3 is 0 Å². The van der Waals surface area contributed by atoms with E-state index in [1.54, 1.807) is 11.3 Å². The zero-order valence-corrected chi connectivity index (χ0v) is 9.63. The van der Waals surface area contributed by atoms with E-state index >= 15 is 0 Å². The lowest BCUT2D eigenvalue weighted by Crippen LogP contribution is -2.34. The standard InChI is InChI=1S/C13H14NS/c1-3-12-4-6-13(7-5-12)8-14-10-15-9-11(14)2/h3-7,9-10H,1,8H2,2H3/q+1. The number of thiazole rings is 1. The van der Waals surface area contributed by atoms with E-state index in [0.717, 1.165) is 6.54 Å². The van der Waals surface area contributed by atoms with Crippen molar-refractivity contribution in [2.24, 2.45) is 0 Å². The summed E-state index contributed by atoms with van der Waals surface area (Å²) in [5.74, 6) is 0. The van der Waals surface area contributed by atoms with Crippen LogP contribution in [-0.4, -0.2) is 0 Å². The van der Waals surface area contributed by atoms with Crippen LogP contribution in [0.15, 0.2) is 41.7 Å². The molecule has 0 radical (unpaired) electrons. The fourth-order valence-corrected chi connectivity index (χ4v) is 2.25. The van der Waals surface area contributed by atoms with Crippen molar-refractivity contribution in [3.8, 4) is 0 Å². The molecule has 2 heteroatoms. The largest absolute Gasteiger partial charge is 0.225 e. The lowest BCUT2D eigenvalue weighted by atomic mass is 10.1. The van der Waals surface area contributed by atoms with Gasteiger partial charge in [0.2, 0.25) is 5.51 Å². The molecular weight excluding hydrogens is 202 g/mol. The fraction of sp³-hybridized carbons (Fsp3) is 0.154. The molecular formula is C13H14NS+. The average molecular weight is 216 g/mol. The van der Waals surface area contributed by atoms with Crippen molar-refractivity contribution >= 4 is 17.4 Å². The number of rotatable bonds is 3. The predicted molar refractivity (Wildman–Crippen MR) is 64.9 cm³/mol. The summed E-state index contributed by atoms with van der Waals surface area (Å²) in [6.45, 7) is 6.83. The molecule has 1 aromatic carbocycles. The van der Waals surface area contributed by atoms with E-state index < -0.39 is 0 Å². The number of aryl methyl sites for hydroxylation is 1. The van der Waals surface area contributed by atoms with Gasteiger partial charge in [-0.3, -0.25) is 0 Å². The first kappa shape index (κ1) is 10.1. The summed E-state index contributed by atoms with van der Waals surface area (Å²) in [6, 6.07) is 8.51. The summed E-state index contributed by atoms with van der Waals surface area (Å²) in [4.78, 5) is 0. The molecule has 0 amide bonds. The minimum Gasteiger partial charge on any atom is -0.189 e. The van der Waals surface area contributed by atoms with Crippen LogP contribution in [0.4, 0.5) is 0 Å². The maximum absolute atomic E-state index is 3.75. The van der Waals surface area contributed by atoms with Crippen LogP contribution in [0.1, 0.15) is 16.8 Å². The van der Waals surface area contributed by atoms with E-state index in [4.69, 9.17) is 0 Å². The number of aromatic nitrogens is 1. The first-order valence-electron chi connectivity index (χ1n) is 4.93. The van der Waals surface area contributed by atoms with Crippen LogP contribution < -0.4 is 4.57 Å². The highest BCUT2D eigenvalue weighted by Crippen LogP contribution is 2.06. The fourth-order valence-electron chi connectivity index (χ4n) is 1.47. The summed E-state index contributed by atoms with van der Waals surface area (Å²) in [7, 11) is 0. The van der Waals surface area contributed by atoms with E-state index in [0.29, 0.717) is 0 Å². The molecule has 1 aromatic heterocycles. The molecule has 0 N–H and O–H groups in total. The van der Waals surface area contributed by atoms with Crippen molar-refractivity contribution in [1.82, 2.24) is 0 Å². The van der Waals surface area contributed by atoms with Crippen molar-refractivity contribution < 1.29 is 4.57 Å². The van der Waals surface area contributed by atoms with Crippen molar-refractivity contribution in [2.45, 2.75) is 13.5 Å². The number of hydrogen-bond acceptors (Lipinski definition) is 1. The Balaban J connectivity index is 2.18. The van der Waals surface area contributed by atoms with E-state index in [2.05, 4.69) is 53.2 Å². The molecule has 0 atom stereocenters. The molecule has 2 aromatic rings. The Hall–Kier alpha value is -1.41. The van der Waals surface area contributed by atoms with Gasteiger partial charge in [-0.05, 0) is 5.56 Å². The Bertz CT molecular complexity index is 454. The van der Waals surface area contributed by atoms with E-state index in [1.165, 1.54) is 16.8 Å². The lowest BCUT2D eigenvalue weighted by molar-refractivity contribution is -0.689. The molecule has 0 fully saturated rings. The maximum Gasteiger partial charge on any atom is 0.225 e. The molecule has 0 aliphatic rings. The van der Waals surface area contributed by atoms with Gasteiger partial charge in [-0.2, -0.15) is 4.57 Å². The van der Waals surface area contributed by atoms with Crippen LogP contribution >= 0.6 is 11.3 Å². The van der Waals surface area contributed by atoms with Crippen molar-refractivity contribution in [1.29, 1.82) is 0 Å². The Kier molecular flexibility index (Phi) is 2.97. The maximum atomic E-state index is 3.75. The third kappa shape index (κ3) is 2.34. The highest BCUT2D eigenvalue weighted by atomic mass is 32.1. The molecule has 0 aliphatic carbocycles. The molecule has 1 nitrogen and oxygen atoms in total. The number of hydrogen-bond donors (Lipinski definition) is 0. The second kappa shape index (κ2) is 4.41. The Labute approximate surface area is 94.3 Å². The van der Waals surface area contributed by atoms with Crippen LogP contribution in [0.2, 0.25) is 0 Å². The van der Waals surface area contributed by atoms with E-state index in [9.17, 15) is 0 Å². The summed E-state index contributed by atoms with van der Waals surface area (Å²) < 4.78 is 2.26. The highest BCUT2D eigenvalue weighted by Gasteiger charge is 2.07. The topological polar surface area (TPSA) is 3.88 Å². The lowest BCUT2D eigenvalue weighted by Gasteiger charge is -1.97. The summed E-state index contributed by atoms with van der Waals surface area (Å²) in [5, 5.41) is 2.16. The van der Waals surface area contributed by atoms with Gasteiger partial charge < -0.3 is 0 Å². The minimum atomic E-state index is 0.951. The van der Waals surface area contributed by atoms with Crippen LogP contribution in [0, 0.1) is 6.92 Å². The Morgan fingerprint density at radius 2 is 2.07 bits per heavy atom. The molecule has 0 bridgehead atoms. The van der Waals surface area contributed by atoms with Gasteiger partial charge in [0, 0.05) is 12.5 Å². The van der Waals surface area contributed by atoms with E-state index in [-0.39, 0.29) is 0 Å². The van der Waals surface area contributed by atoms with Crippen LogP contribution in [0.3, 0.4) is 0 Å². The smallest absolute Gasteiger partial charge is 0.189 e. The van der Waals surface area contributed by atoms with Crippen LogP contribution in [0.5, 0.6) is 0 Å². The minimum absolute atomic E-state index is 0.951. The second-order valence-corrected chi connectivity index (χ2v) is 4.29. The normalized spacial score (nSPS) is 10.2. The number of nitrogens with zero attached hydrogens (tertiary/aromatic N) is 1. The van der Waals surface area contributed by atoms with Gasteiger partial charge in [-0.1, -0.05) is 48.3 Å². The molecule has 0 saturated heterocycles.